The summed E-state index contributed by atoms with van der Waals surface area (Å²) in [6, 6.07) is 7.96. The molecule has 0 aliphatic rings. The molecular weight excluding hydrogens is 261 g/mol. The van der Waals surface area contributed by atoms with Crippen molar-refractivity contribution in [1.82, 2.24) is 4.98 Å². The van der Waals surface area contributed by atoms with Crippen molar-refractivity contribution in [1.29, 1.82) is 0 Å². The van der Waals surface area contributed by atoms with Crippen LogP contribution in [-0.4, -0.2) is 10.1 Å². The summed E-state index contributed by atoms with van der Waals surface area (Å²) in [6.45, 7) is 0. The lowest BCUT2D eigenvalue weighted by Gasteiger charge is -2.10. The van der Waals surface area contributed by atoms with Gasteiger partial charge in [0.25, 0.3) is 0 Å². The molecule has 0 amide bonds. The van der Waals surface area contributed by atoms with Gasteiger partial charge in [0.2, 0.25) is 0 Å². The smallest absolute Gasteiger partial charge is 0.129 e. The summed E-state index contributed by atoms with van der Waals surface area (Å²) in [4.78, 5) is 2.85. The standard InChI is InChI=1S/C11H9BrFNO/c12-7-3-4-9(13)8(6-7)11(15)10-2-1-5-14-10/h1-6,11,14-15H. The number of rotatable bonds is 2. The Labute approximate surface area is 94.9 Å². The van der Waals surface area contributed by atoms with Crippen molar-refractivity contribution >= 4 is 15.9 Å². The number of aliphatic hydroxyl groups excluding tert-OH is 1. The first-order valence-electron chi connectivity index (χ1n) is 4.45. The number of aromatic amines is 1. The number of halogens is 2. The van der Waals surface area contributed by atoms with Crippen LogP contribution in [0.1, 0.15) is 17.4 Å². The monoisotopic (exact) mass is 269 g/mol. The number of benzene rings is 1. The first-order chi connectivity index (χ1) is 7.18. The van der Waals surface area contributed by atoms with Crippen molar-refractivity contribution in [3.63, 3.8) is 0 Å². The minimum absolute atomic E-state index is 0.256. The summed E-state index contributed by atoms with van der Waals surface area (Å²) in [6.07, 6.45) is 0.728. The molecule has 0 radical (unpaired) electrons. The first kappa shape index (κ1) is 10.4. The van der Waals surface area contributed by atoms with Gasteiger partial charge in [0.1, 0.15) is 11.9 Å². The summed E-state index contributed by atoms with van der Waals surface area (Å²) < 4.78 is 14.2. The van der Waals surface area contributed by atoms with Crippen LogP contribution < -0.4 is 0 Å². The summed E-state index contributed by atoms with van der Waals surface area (Å²) in [5.74, 6) is -0.416. The minimum atomic E-state index is -0.961. The fraction of sp³-hybridized carbons (Fsp3) is 0.0909. The third-order valence-electron chi connectivity index (χ3n) is 2.17. The van der Waals surface area contributed by atoms with Crippen LogP contribution in [0.4, 0.5) is 4.39 Å². The minimum Gasteiger partial charge on any atom is -0.382 e. The van der Waals surface area contributed by atoms with Gasteiger partial charge in [-0.3, -0.25) is 0 Å². The molecule has 0 aliphatic heterocycles. The lowest BCUT2D eigenvalue weighted by Crippen LogP contribution is -2.02. The van der Waals surface area contributed by atoms with E-state index in [1.54, 1.807) is 30.5 Å². The SMILES string of the molecule is OC(c1ccc[nH]1)c1cc(Br)ccc1F. The Bertz CT molecular complexity index is 456. The second kappa shape index (κ2) is 4.16. The molecule has 1 atom stereocenters. The van der Waals surface area contributed by atoms with E-state index in [1.807, 2.05) is 0 Å². The lowest BCUT2D eigenvalue weighted by atomic mass is 10.1. The van der Waals surface area contributed by atoms with Crippen LogP contribution in [0.15, 0.2) is 41.0 Å². The van der Waals surface area contributed by atoms with Gasteiger partial charge in [-0.2, -0.15) is 0 Å². The molecule has 0 spiro atoms. The molecule has 0 aliphatic carbocycles. The Morgan fingerprint density at radius 1 is 1.33 bits per heavy atom. The number of hydrogen-bond donors (Lipinski definition) is 2. The Morgan fingerprint density at radius 2 is 2.13 bits per heavy atom. The highest BCUT2D eigenvalue weighted by atomic mass is 79.9. The Balaban J connectivity index is 2.41. The van der Waals surface area contributed by atoms with E-state index in [0.717, 1.165) is 4.47 Å². The fourth-order valence-electron chi connectivity index (χ4n) is 1.41. The molecule has 0 bridgehead atoms. The molecular formula is C11H9BrFNO. The van der Waals surface area contributed by atoms with Gasteiger partial charge in [0.05, 0.1) is 0 Å². The summed E-state index contributed by atoms with van der Waals surface area (Å²) in [5, 5.41) is 9.89. The zero-order valence-corrected chi connectivity index (χ0v) is 9.33. The molecule has 2 nitrogen and oxygen atoms in total. The van der Waals surface area contributed by atoms with E-state index in [1.165, 1.54) is 6.07 Å². The molecule has 1 heterocycles. The van der Waals surface area contributed by atoms with Gasteiger partial charge < -0.3 is 10.1 Å². The van der Waals surface area contributed by atoms with E-state index >= 15 is 0 Å². The van der Waals surface area contributed by atoms with Gasteiger partial charge in [-0.05, 0) is 30.3 Å². The van der Waals surface area contributed by atoms with E-state index in [0.29, 0.717) is 5.69 Å². The van der Waals surface area contributed by atoms with E-state index in [4.69, 9.17) is 0 Å². The highest BCUT2D eigenvalue weighted by molar-refractivity contribution is 9.10. The van der Waals surface area contributed by atoms with E-state index in [9.17, 15) is 9.50 Å². The second-order valence-corrected chi connectivity index (χ2v) is 4.11. The van der Waals surface area contributed by atoms with Gasteiger partial charge in [-0.25, -0.2) is 4.39 Å². The molecule has 1 unspecified atom stereocenters. The first-order valence-corrected chi connectivity index (χ1v) is 5.24. The van der Waals surface area contributed by atoms with Crippen LogP contribution in [0.3, 0.4) is 0 Å². The predicted molar refractivity (Wildman–Crippen MR) is 59.0 cm³/mol. The quantitative estimate of drug-likeness (QED) is 0.864. The van der Waals surface area contributed by atoms with Gasteiger partial charge in [-0.1, -0.05) is 15.9 Å². The maximum absolute atomic E-state index is 13.4. The molecule has 4 heteroatoms. The average molecular weight is 270 g/mol. The van der Waals surface area contributed by atoms with Crippen molar-refractivity contribution in [3.8, 4) is 0 Å². The van der Waals surface area contributed by atoms with E-state index < -0.39 is 11.9 Å². The highest BCUT2D eigenvalue weighted by Crippen LogP contribution is 2.25. The molecule has 0 saturated carbocycles. The number of H-pyrrole nitrogens is 1. The summed E-state index contributed by atoms with van der Waals surface area (Å²) in [5.41, 5.74) is 0.832. The molecule has 2 aromatic rings. The second-order valence-electron chi connectivity index (χ2n) is 3.19. The Morgan fingerprint density at radius 3 is 2.80 bits per heavy atom. The maximum Gasteiger partial charge on any atom is 0.129 e. The van der Waals surface area contributed by atoms with Gasteiger partial charge in [-0.15, -0.1) is 0 Å². The molecule has 1 aromatic carbocycles. The highest BCUT2D eigenvalue weighted by Gasteiger charge is 2.15. The average Bonchev–Trinajstić information content (AvgIpc) is 2.74. The van der Waals surface area contributed by atoms with E-state index in [2.05, 4.69) is 20.9 Å². The predicted octanol–water partition coefficient (Wildman–Crippen LogP) is 3.00. The van der Waals surface area contributed by atoms with Crippen molar-refractivity contribution in [3.05, 3.63) is 58.1 Å². The van der Waals surface area contributed by atoms with Crippen LogP contribution >= 0.6 is 15.9 Å². The number of nitrogens with one attached hydrogen (secondary N) is 1. The molecule has 2 N–H and O–H groups in total. The topological polar surface area (TPSA) is 36.0 Å². The molecule has 0 fully saturated rings. The Hall–Kier alpha value is -1.13. The summed E-state index contributed by atoms with van der Waals surface area (Å²) in [7, 11) is 0. The largest absolute Gasteiger partial charge is 0.382 e. The molecule has 15 heavy (non-hydrogen) atoms. The fourth-order valence-corrected chi connectivity index (χ4v) is 1.78. The Kier molecular flexibility index (Phi) is 2.88. The zero-order valence-electron chi connectivity index (χ0n) is 7.74. The van der Waals surface area contributed by atoms with Gasteiger partial charge in [0, 0.05) is 21.9 Å². The van der Waals surface area contributed by atoms with Crippen molar-refractivity contribution < 1.29 is 9.50 Å². The van der Waals surface area contributed by atoms with Crippen molar-refractivity contribution in [2.24, 2.45) is 0 Å². The molecule has 2 rings (SSSR count). The van der Waals surface area contributed by atoms with E-state index in [-0.39, 0.29) is 5.56 Å². The molecule has 0 saturated heterocycles. The van der Waals surface area contributed by atoms with Crippen LogP contribution in [-0.2, 0) is 0 Å². The van der Waals surface area contributed by atoms with Crippen molar-refractivity contribution in [2.75, 3.05) is 0 Å². The number of hydrogen-bond acceptors (Lipinski definition) is 1. The van der Waals surface area contributed by atoms with Crippen LogP contribution in [0.5, 0.6) is 0 Å². The third kappa shape index (κ3) is 2.11. The number of aromatic nitrogens is 1. The van der Waals surface area contributed by atoms with Gasteiger partial charge >= 0.3 is 0 Å². The summed E-state index contributed by atoms with van der Waals surface area (Å²) >= 11 is 3.24. The molecule has 78 valence electrons. The van der Waals surface area contributed by atoms with Crippen LogP contribution in [0, 0.1) is 5.82 Å². The zero-order chi connectivity index (χ0) is 10.8. The van der Waals surface area contributed by atoms with Crippen LogP contribution in [0.2, 0.25) is 0 Å². The number of aliphatic hydroxyl groups is 1. The van der Waals surface area contributed by atoms with Crippen LogP contribution in [0.25, 0.3) is 0 Å². The molecule has 1 aromatic heterocycles. The van der Waals surface area contributed by atoms with Gasteiger partial charge in [0.15, 0.2) is 0 Å². The van der Waals surface area contributed by atoms with Crippen molar-refractivity contribution in [2.45, 2.75) is 6.10 Å². The lowest BCUT2D eigenvalue weighted by molar-refractivity contribution is 0.210. The normalized spacial score (nSPS) is 12.7. The third-order valence-corrected chi connectivity index (χ3v) is 2.66. The maximum atomic E-state index is 13.4.